The number of fused-ring (bicyclic) bond motifs is 1. The van der Waals surface area contributed by atoms with Crippen molar-refractivity contribution < 1.29 is 19.4 Å². The van der Waals surface area contributed by atoms with Crippen molar-refractivity contribution >= 4 is 17.5 Å². The Morgan fingerprint density at radius 3 is 2.67 bits per heavy atom. The molecule has 7 heteroatoms. The van der Waals surface area contributed by atoms with Gasteiger partial charge >= 0.3 is 0 Å². The molecule has 4 rings (SSSR count). The maximum atomic E-state index is 13.3. The maximum Gasteiger partial charge on any atom is 0.226 e. The third-order valence-corrected chi connectivity index (χ3v) is 5.47. The number of phenols is 1. The van der Waals surface area contributed by atoms with Crippen LogP contribution in [0.3, 0.4) is 0 Å². The van der Waals surface area contributed by atoms with E-state index in [1.54, 1.807) is 4.68 Å². The van der Waals surface area contributed by atoms with Crippen molar-refractivity contribution in [2.45, 2.75) is 32.6 Å². The minimum absolute atomic E-state index is 0.0380. The molecule has 0 saturated carbocycles. The second-order valence-corrected chi connectivity index (χ2v) is 7.34. The van der Waals surface area contributed by atoms with Crippen LogP contribution in [-0.2, 0) is 11.2 Å². The number of nitrogens with one attached hydrogen (secondary N) is 1. The van der Waals surface area contributed by atoms with Crippen LogP contribution >= 0.6 is 0 Å². The van der Waals surface area contributed by atoms with E-state index in [1.807, 2.05) is 31.2 Å². The molecule has 0 saturated heterocycles. The van der Waals surface area contributed by atoms with Crippen LogP contribution < -0.4 is 10.1 Å². The fourth-order valence-corrected chi connectivity index (χ4v) is 3.86. The first-order valence-corrected chi connectivity index (χ1v) is 9.82. The number of hydrogen-bond donors (Lipinski definition) is 2. The van der Waals surface area contributed by atoms with Gasteiger partial charge in [-0.25, -0.2) is 4.68 Å². The number of phenolic OH excluding ortho intramolecular Hbond substituents is 1. The van der Waals surface area contributed by atoms with Crippen LogP contribution in [0.2, 0.25) is 0 Å². The first-order chi connectivity index (χ1) is 14.4. The van der Waals surface area contributed by atoms with E-state index in [4.69, 9.17) is 4.74 Å². The third kappa shape index (κ3) is 3.32. The minimum Gasteiger partial charge on any atom is -0.504 e. The predicted octanol–water partition coefficient (Wildman–Crippen LogP) is 3.77. The molecule has 154 valence electrons. The summed E-state index contributed by atoms with van der Waals surface area (Å²) in [5.74, 6) is -0.421. The molecule has 0 radical (unpaired) electrons. The summed E-state index contributed by atoms with van der Waals surface area (Å²) < 4.78 is 6.80. The number of aromatic nitrogens is 2. The van der Waals surface area contributed by atoms with E-state index >= 15 is 0 Å². The number of methoxy groups -OCH3 is 1. The zero-order chi connectivity index (χ0) is 21.4. The highest BCUT2D eigenvalue weighted by Gasteiger charge is 2.36. The fraction of sp³-hybridized carbons (Fsp3) is 0.261. The van der Waals surface area contributed by atoms with E-state index < -0.39 is 5.92 Å². The number of aryl methyl sites for hydroxylation is 2. The average Bonchev–Trinajstić information content (AvgIpc) is 3.09. The minimum atomic E-state index is -0.660. The molecule has 1 aliphatic rings. The highest BCUT2D eigenvalue weighted by atomic mass is 16.5. The number of ether oxygens (including phenoxy) is 1. The van der Waals surface area contributed by atoms with E-state index in [-0.39, 0.29) is 29.6 Å². The van der Waals surface area contributed by atoms with Crippen molar-refractivity contribution in [2.24, 2.45) is 0 Å². The molecule has 0 aliphatic carbocycles. The van der Waals surface area contributed by atoms with Gasteiger partial charge in [-0.15, -0.1) is 0 Å². The fourth-order valence-electron chi connectivity index (χ4n) is 3.86. The smallest absolute Gasteiger partial charge is 0.226 e. The van der Waals surface area contributed by atoms with Crippen LogP contribution in [0.5, 0.6) is 11.5 Å². The lowest BCUT2D eigenvalue weighted by atomic mass is 9.85. The number of hydrogen-bond acceptors (Lipinski definition) is 5. The van der Waals surface area contributed by atoms with E-state index in [1.165, 1.54) is 30.9 Å². The summed E-state index contributed by atoms with van der Waals surface area (Å²) in [6.07, 6.45) is 0.969. The molecule has 3 aromatic rings. The SMILES string of the molecule is CCc1ccc(-n2nc(C)c3c2NC(=O)CC3C(=O)c2ccc(O)c(OC)c2)cc1. The average molecular weight is 405 g/mol. The largest absolute Gasteiger partial charge is 0.504 e. The van der Waals surface area contributed by atoms with Crippen molar-refractivity contribution in [3.05, 3.63) is 64.8 Å². The molecule has 2 N–H and O–H groups in total. The van der Waals surface area contributed by atoms with Crippen molar-refractivity contribution in [3.8, 4) is 17.2 Å². The summed E-state index contributed by atoms with van der Waals surface area (Å²) in [6.45, 7) is 3.93. The molecular weight excluding hydrogens is 382 g/mol. The number of anilines is 1. The number of Topliss-reactive ketones (excluding diaryl/α,β-unsaturated/α-hetero) is 1. The van der Waals surface area contributed by atoms with Gasteiger partial charge in [0.2, 0.25) is 5.91 Å². The molecule has 2 heterocycles. The Labute approximate surface area is 174 Å². The van der Waals surface area contributed by atoms with Crippen LogP contribution in [-0.4, -0.2) is 33.7 Å². The summed E-state index contributed by atoms with van der Waals surface area (Å²) in [5.41, 5.74) is 3.79. The monoisotopic (exact) mass is 405 g/mol. The molecule has 1 aliphatic heterocycles. The second-order valence-electron chi connectivity index (χ2n) is 7.34. The number of ketones is 1. The van der Waals surface area contributed by atoms with E-state index in [0.717, 1.165) is 12.1 Å². The summed E-state index contributed by atoms with van der Waals surface area (Å²) in [6, 6.07) is 12.4. The van der Waals surface area contributed by atoms with Gasteiger partial charge in [0.05, 0.1) is 24.4 Å². The van der Waals surface area contributed by atoms with Gasteiger partial charge in [0.1, 0.15) is 5.82 Å². The standard InChI is InChI=1S/C23H23N3O4/c1-4-14-5-8-16(9-6-14)26-23-21(13(2)25-26)17(12-20(28)24-23)22(29)15-7-10-18(27)19(11-15)30-3/h5-11,17,27H,4,12H2,1-3H3,(H,24,28). The molecule has 1 aromatic heterocycles. The van der Waals surface area contributed by atoms with Gasteiger partial charge in [0.15, 0.2) is 17.3 Å². The Kier molecular flexibility index (Phi) is 5.03. The van der Waals surface area contributed by atoms with Gasteiger partial charge in [-0.2, -0.15) is 5.10 Å². The van der Waals surface area contributed by atoms with Crippen LogP contribution in [0.4, 0.5) is 5.82 Å². The molecule has 2 aromatic carbocycles. The third-order valence-electron chi connectivity index (χ3n) is 5.47. The number of amides is 1. The number of aromatic hydroxyl groups is 1. The Morgan fingerprint density at radius 2 is 2.00 bits per heavy atom. The normalized spacial score (nSPS) is 15.4. The predicted molar refractivity (Wildman–Crippen MR) is 113 cm³/mol. The Balaban J connectivity index is 1.78. The summed E-state index contributed by atoms with van der Waals surface area (Å²) in [5, 5.41) is 17.3. The lowest BCUT2D eigenvalue weighted by molar-refractivity contribution is -0.116. The number of nitrogens with zero attached hydrogens (tertiary/aromatic N) is 2. The van der Waals surface area contributed by atoms with Gasteiger partial charge in [-0.05, 0) is 49.2 Å². The topological polar surface area (TPSA) is 93.5 Å². The van der Waals surface area contributed by atoms with Crippen LogP contribution in [0.15, 0.2) is 42.5 Å². The number of carbonyl (C=O) groups is 2. The van der Waals surface area contributed by atoms with E-state index in [0.29, 0.717) is 22.6 Å². The molecule has 0 fully saturated rings. The zero-order valence-electron chi connectivity index (χ0n) is 17.1. The molecule has 0 bridgehead atoms. The van der Waals surface area contributed by atoms with Crippen LogP contribution in [0.25, 0.3) is 5.69 Å². The lowest BCUT2D eigenvalue weighted by Gasteiger charge is -2.23. The number of rotatable bonds is 5. The summed E-state index contributed by atoms with van der Waals surface area (Å²) in [7, 11) is 1.42. The first kappa shape index (κ1) is 19.7. The molecule has 1 unspecified atom stereocenters. The number of benzene rings is 2. The Morgan fingerprint density at radius 1 is 1.27 bits per heavy atom. The van der Waals surface area contributed by atoms with Crippen molar-refractivity contribution in [1.82, 2.24) is 9.78 Å². The first-order valence-electron chi connectivity index (χ1n) is 9.82. The quantitative estimate of drug-likeness (QED) is 0.631. The van der Waals surface area contributed by atoms with E-state index in [2.05, 4.69) is 17.3 Å². The van der Waals surface area contributed by atoms with Gasteiger partial charge in [-0.1, -0.05) is 19.1 Å². The lowest BCUT2D eigenvalue weighted by Crippen LogP contribution is -2.28. The number of carbonyl (C=O) groups excluding carboxylic acids is 2. The highest BCUT2D eigenvalue weighted by molar-refractivity contribution is 6.08. The Bertz CT molecular complexity index is 1130. The van der Waals surface area contributed by atoms with E-state index in [9.17, 15) is 14.7 Å². The Hall–Kier alpha value is -3.61. The van der Waals surface area contributed by atoms with Crippen molar-refractivity contribution in [3.63, 3.8) is 0 Å². The van der Waals surface area contributed by atoms with Crippen LogP contribution in [0, 0.1) is 6.92 Å². The molecule has 1 atom stereocenters. The van der Waals surface area contributed by atoms with Crippen LogP contribution in [0.1, 0.15) is 46.4 Å². The zero-order valence-corrected chi connectivity index (χ0v) is 17.1. The van der Waals surface area contributed by atoms with Crippen molar-refractivity contribution in [2.75, 3.05) is 12.4 Å². The van der Waals surface area contributed by atoms with Gasteiger partial charge in [0.25, 0.3) is 0 Å². The molecule has 1 amide bonds. The van der Waals surface area contributed by atoms with Gasteiger partial charge < -0.3 is 15.2 Å². The molecule has 0 spiro atoms. The molecular formula is C23H23N3O4. The van der Waals surface area contributed by atoms with Crippen molar-refractivity contribution in [1.29, 1.82) is 0 Å². The highest BCUT2D eigenvalue weighted by Crippen LogP contribution is 2.39. The molecule has 30 heavy (non-hydrogen) atoms. The van der Waals surface area contributed by atoms with Gasteiger partial charge in [-0.3, -0.25) is 9.59 Å². The maximum absolute atomic E-state index is 13.3. The summed E-state index contributed by atoms with van der Waals surface area (Å²) in [4.78, 5) is 25.8. The second kappa shape index (κ2) is 7.67. The summed E-state index contributed by atoms with van der Waals surface area (Å²) >= 11 is 0. The van der Waals surface area contributed by atoms with Gasteiger partial charge in [0, 0.05) is 17.5 Å². The molecule has 7 nitrogen and oxygen atoms in total.